The van der Waals surface area contributed by atoms with Crippen LogP contribution in [0.25, 0.3) is 0 Å². The number of rotatable bonds is 11. The van der Waals surface area contributed by atoms with E-state index < -0.39 is 0 Å². The minimum atomic E-state index is -0.152. The molecule has 0 aliphatic heterocycles. The van der Waals surface area contributed by atoms with Crippen LogP contribution >= 0.6 is 23.2 Å². The normalized spacial score (nSPS) is 16.9. The molecule has 3 nitrogen and oxygen atoms in total. The Morgan fingerprint density at radius 1 is 1.06 bits per heavy atom. The van der Waals surface area contributed by atoms with Crippen molar-refractivity contribution in [3.8, 4) is 0 Å². The molecule has 0 bridgehead atoms. The van der Waals surface area contributed by atoms with Crippen molar-refractivity contribution in [3.05, 3.63) is 83.0 Å². The van der Waals surface area contributed by atoms with Crippen molar-refractivity contribution in [2.75, 3.05) is 35.1 Å². The minimum absolute atomic E-state index is 0.152. The molecule has 0 spiro atoms. The number of hydrogen-bond acceptors (Lipinski definition) is 2. The van der Waals surface area contributed by atoms with Gasteiger partial charge in [0.05, 0.1) is 0 Å². The standard InChI is InChI=1S/C30H40Cl2N2O/c1-23(11-16-28-25(3)10-7-17-30(28,4)5)8-6-9-24(2)22-29(35)33-26-12-14-27(15-13-26)34(20-18-31)21-19-32/h6,8-9,11-16,22H,7,10,17-21H2,1-5H3,(H,33,35)/b9-6+,16-11+,23-8+,24-22+. The van der Waals surface area contributed by atoms with Gasteiger partial charge in [0.25, 0.3) is 0 Å². The lowest BCUT2D eigenvalue weighted by atomic mass is 9.72. The van der Waals surface area contributed by atoms with Crippen molar-refractivity contribution < 1.29 is 4.79 Å². The van der Waals surface area contributed by atoms with E-state index >= 15 is 0 Å². The first-order chi connectivity index (χ1) is 16.7. The molecule has 0 unspecified atom stereocenters. The summed E-state index contributed by atoms with van der Waals surface area (Å²) in [5.41, 5.74) is 7.06. The summed E-state index contributed by atoms with van der Waals surface area (Å²) < 4.78 is 0. The van der Waals surface area contributed by atoms with Crippen LogP contribution in [-0.2, 0) is 4.79 Å². The van der Waals surface area contributed by atoms with E-state index in [4.69, 9.17) is 23.2 Å². The van der Waals surface area contributed by atoms with Gasteiger partial charge in [-0.15, -0.1) is 23.2 Å². The van der Waals surface area contributed by atoms with Crippen molar-refractivity contribution >= 4 is 40.5 Å². The highest BCUT2D eigenvalue weighted by Gasteiger charge is 2.26. The Balaban J connectivity index is 1.94. The molecule has 0 fully saturated rings. The number of amides is 1. The summed E-state index contributed by atoms with van der Waals surface area (Å²) in [5.74, 6) is 0.919. The zero-order valence-electron chi connectivity index (χ0n) is 21.8. The van der Waals surface area contributed by atoms with Gasteiger partial charge in [-0.3, -0.25) is 4.79 Å². The van der Waals surface area contributed by atoms with Crippen LogP contribution in [0.5, 0.6) is 0 Å². The number of carbonyl (C=O) groups excluding carboxylic acids is 1. The van der Waals surface area contributed by atoms with Crippen LogP contribution in [0, 0.1) is 5.41 Å². The molecule has 1 amide bonds. The number of benzene rings is 1. The second-order valence-electron chi connectivity index (χ2n) is 9.82. The third-order valence-corrected chi connectivity index (χ3v) is 6.68. The fourth-order valence-electron chi connectivity index (χ4n) is 4.40. The Hall–Kier alpha value is -2.23. The number of hydrogen-bond donors (Lipinski definition) is 1. The van der Waals surface area contributed by atoms with Gasteiger partial charge in [0, 0.05) is 42.3 Å². The fraction of sp³-hybridized carbons (Fsp3) is 0.433. The van der Waals surface area contributed by atoms with E-state index in [0.717, 1.165) is 30.0 Å². The summed E-state index contributed by atoms with van der Waals surface area (Å²) in [6.45, 7) is 12.4. The first kappa shape index (κ1) is 29.0. The summed E-state index contributed by atoms with van der Waals surface area (Å²) in [4.78, 5) is 14.5. The second kappa shape index (κ2) is 14.4. The Morgan fingerprint density at radius 3 is 2.31 bits per heavy atom. The van der Waals surface area contributed by atoms with Crippen molar-refractivity contribution in [1.82, 2.24) is 0 Å². The predicted octanol–water partition coefficient (Wildman–Crippen LogP) is 8.44. The molecular formula is C30H40Cl2N2O. The molecular weight excluding hydrogens is 475 g/mol. The van der Waals surface area contributed by atoms with Crippen LogP contribution in [-0.4, -0.2) is 30.8 Å². The van der Waals surface area contributed by atoms with Crippen LogP contribution in [0.2, 0.25) is 0 Å². The maximum Gasteiger partial charge on any atom is 0.248 e. The number of alkyl halides is 2. The summed E-state index contributed by atoms with van der Waals surface area (Å²) in [6, 6.07) is 7.73. The van der Waals surface area contributed by atoms with E-state index in [1.165, 1.54) is 36.0 Å². The molecule has 35 heavy (non-hydrogen) atoms. The third-order valence-electron chi connectivity index (χ3n) is 6.34. The molecule has 1 N–H and O–H groups in total. The Morgan fingerprint density at radius 2 is 1.71 bits per heavy atom. The summed E-state index contributed by atoms with van der Waals surface area (Å²) in [5, 5.41) is 2.92. The zero-order valence-corrected chi connectivity index (χ0v) is 23.3. The van der Waals surface area contributed by atoms with E-state index in [2.05, 4.69) is 56.1 Å². The molecule has 0 atom stereocenters. The van der Waals surface area contributed by atoms with Crippen molar-refractivity contribution in [2.24, 2.45) is 5.41 Å². The molecule has 0 heterocycles. The highest BCUT2D eigenvalue weighted by Crippen LogP contribution is 2.40. The van der Waals surface area contributed by atoms with Gasteiger partial charge >= 0.3 is 0 Å². The van der Waals surface area contributed by atoms with Crippen LogP contribution in [0.4, 0.5) is 11.4 Å². The molecule has 1 aliphatic carbocycles. The molecule has 1 aromatic carbocycles. The lowest BCUT2D eigenvalue weighted by Crippen LogP contribution is -2.27. The van der Waals surface area contributed by atoms with Gasteiger partial charge < -0.3 is 10.2 Å². The lowest BCUT2D eigenvalue weighted by molar-refractivity contribution is -0.111. The van der Waals surface area contributed by atoms with Gasteiger partial charge in [0.15, 0.2) is 0 Å². The predicted molar refractivity (Wildman–Crippen MR) is 155 cm³/mol. The molecule has 0 aromatic heterocycles. The van der Waals surface area contributed by atoms with Gasteiger partial charge in [-0.05, 0) is 80.9 Å². The Kier molecular flexibility index (Phi) is 11.9. The Labute approximate surface area is 222 Å². The van der Waals surface area contributed by atoms with Crippen LogP contribution < -0.4 is 10.2 Å². The lowest BCUT2D eigenvalue weighted by Gasteiger charge is -2.32. The smallest absolute Gasteiger partial charge is 0.248 e. The van der Waals surface area contributed by atoms with Gasteiger partial charge in [-0.2, -0.15) is 0 Å². The topological polar surface area (TPSA) is 32.3 Å². The highest BCUT2D eigenvalue weighted by molar-refractivity contribution is 6.18. The van der Waals surface area contributed by atoms with Gasteiger partial charge in [-0.1, -0.05) is 55.4 Å². The minimum Gasteiger partial charge on any atom is -0.369 e. The molecule has 1 aromatic rings. The SMILES string of the molecule is CC1=C(/C=C/C(C)=C/C=C/C(C)=C/C(=O)Nc2ccc(N(CCCl)CCCl)cc2)C(C)(C)CCC1. The molecule has 1 aliphatic rings. The second-order valence-corrected chi connectivity index (χ2v) is 10.6. The van der Waals surface area contributed by atoms with E-state index in [0.29, 0.717) is 11.8 Å². The first-order valence-electron chi connectivity index (χ1n) is 12.4. The Bertz CT molecular complexity index is 992. The summed E-state index contributed by atoms with van der Waals surface area (Å²) in [7, 11) is 0. The molecule has 5 heteroatoms. The van der Waals surface area contributed by atoms with Gasteiger partial charge in [0.2, 0.25) is 5.91 Å². The molecule has 0 saturated heterocycles. The number of nitrogens with one attached hydrogen (secondary N) is 1. The number of halogens is 2. The molecule has 190 valence electrons. The van der Waals surface area contributed by atoms with E-state index in [9.17, 15) is 4.79 Å². The number of allylic oxidation sites excluding steroid dienone is 9. The van der Waals surface area contributed by atoms with Crippen LogP contribution in [0.1, 0.15) is 53.9 Å². The van der Waals surface area contributed by atoms with Crippen molar-refractivity contribution in [2.45, 2.75) is 53.9 Å². The van der Waals surface area contributed by atoms with Crippen LogP contribution in [0.15, 0.2) is 83.0 Å². The van der Waals surface area contributed by atoms with Crippen LogP contribution in [0.3, 0.4) is 0 Å². The monoisotopic (exact) mass is 514 g/mol. The maximum atomic E-state index is 12.4. The number of anilines is 2. The average Bonchev–Trinajstić information content (AvgIpc) is 2.78. The van der Waals surface area contributed by atoms with E-state index in [1.807, 2.05) is 43.3 Å². The van der Waals surface area contributed by atoms with Crippen molar-refractivity contribution in [3.63, 3.8) is 0 Å². The summed E-state index contributed by atoms with van der Waals surface area (Å²) >= 11 is 11.8. The number of nitrogens with zero attached hydrogens (tertiary/aromatic N) is 1. The first-order valence-corrected chi connectivity index (χ1v) is 13.4. The zero-order chi connectivity index (χ0) is 25.8. The van der Waals surface area contributed by atoms with E-state index in [-0.39, 0.29) is 11.3 Å². The average molecular weight is 516 g/mol. The van der Waals surface area contributed by atoms with Gasteiger partial charge in [0.1, 0.15) is 0 Å². The third kappa shape index (κ3) is 9.74. The van der Waals surface area contributed by atoms with Crippen molar-refractivity contribution in [1.29, 1.82) is 0 Å². The fourth-order valence-corrected chi connectivity index (χ4v) is 4.80. The highest BCUT2D eigenvalue weighted by atomic mass is 35.5. The quantitative estimate of drug-likeness (QED) is 0.182. The largest absolute Gasteiger partial charge is 0.369 e. The number of carbonyl (C=O) groups is 1. The van der Waals surface area contributed by atoms with Gasteiger partial charge in [-0.25, -0.2) is 0 Å². The van der Waals surface area contributed by atoms with E-state index in [1.54, 1.807) is 6.08 Å². The maximum absolute atomic E-state index is 12.4. The molecule has 0 radical (unpaired) electrons. The molecule has 0 saturated carbocycles. The molecule has 2 rings (SSSR count). The summed E-state index contributed by atoms with van der Waals surface area (Å²) in [6.07, 6.45) is 15.8.